The molecule has 0 saturated carbocycles. The Labute approximate surface area is 173 Å². The average Bonchev–Trinajstić information content (AvgIpc) is 2.68. The first-order chi connectivity index (χ1) is 13.5. The van der Waals surface area contributed by atoms with Crippen LogP contribution in [0.2, 0.25) is 0 Å². The van der Waals surface area contributed by atoms with E-state index >= 15 is 0 Å². The molecule has 0 saturated heterocycles. The summed E-state index contributed by atoms with van der Waals surface area (Å²) in [6.07, 6.45) is 5.82. The molecule has 1 heterocycles. The predicted octanol–water partition coefficient (Wildman–Crippen LogP) is 3.44. The molecule has 0 spiro atoms. The topological polar surface area (TPSA) is 107 Å². The SMILES string of the molecule is CC[C@H](C)C[C@H](C)C(=O)O[C@@]1(C)C(=O)C2=COC(/C=C/C(=O)O)=CC2=C(Cl)C1=O. The monoisotopic (exact) mass is 422 g/mol. The van der Waals surface area contributed by atoms with Gasteiger partial charge in [0.1, 0.15) is 12.0 Å². The van der Waals surface area contributed by atoms with Crippen molar-refractivity contribution >= 4 is 35.1 Å². The van der Waals surface area contributed by atoms with Crippen molar-refractivity contribution in [1.29, 1.82) is 0 Å². The van der Waals surface area contributed by atoms with Crippen LogP contribution in [-0.2, 0) is 28.7 Å². The van der Waals surface area contributed by atoms with Crippen LogP contribution in [0.3, 0.4) is 0 Å². The average molecular weight is 423 g/mol. The van der Waals surface area contributed by atoms with Gasteiger partial charge in [0.25, 0.3) is 0 Å². The van der Waals surface area contributed by atoms with E-state index in [-0.39, 0.29) is 27.9 Å². The lowest BCUT2D eigenvalue weighted by Crippen LogP contribution is -2.52. The first-order valence-electron chi connectivity index (χ1n) is 9.23. The normalized spacial score (nSPS) is 23.8. The molecule has 0 aromatic rings. The minimum Gasteiger partial charge on any atom is -0.478 e. The highest BCUT2D eigenvalue weighted by Crippen LogP contribution is 2.39. The fourth-order valence-electron chi connectivity index (χ4n) is 3.00. The maximum atomic E-state index is 13.0. The van der Waals surface area contributed by atoms with Gasteiger partial charge in [-0.15, -0.1) is 0 Å². The zero-order valence-electron chi connectivity index (χ0n) is 16.7. The summed E-state index contributed by atoms with van der Waals surface area (Å²) in [5, 5.41) is 8.41. The number of carboxylic acid groups (broad SMARTS) is 1. The molecular formula is C21H23ClO7. The van der Waals surface area contributed by atoms with Gasteiger partial charge < -0.3 is 14.6 Å². The number of carbonyl (C=O) groups excluding carboxylic acids is 3. The van der Waals surface area contributed by atoms with Crippen molar-refractivity contribution in [2.75, 3.05) is 0 Å². The number of esters is 1. The van der Waals surface area contributed by atoms with Gasteiger partial charge in [0.15, 0.2) is 0 Å². The van der Waals surface area contributed by atoms with E-state index in [4.69, 9.17) is 26.2 Å². The van der Waals surface area contributed by atoms with E-state index in [9.17, 15) is 19.2 Å². The summed E-state index contributed by atoms with van der Waals surface area (Å²) in [5.74, 6) is -3.53. The van der Waals surface area contributed by atoms with Crippen LogP contribution in [0.4, 0.5) is 0 Å². The molecule has 8 heteroatoms. The number of Topliss-reactive ketones (excluding diaryl/α,β-unsaturated/α-hetero) is 2. The van der Waals surface area contributed by atoms with Gasteiger partial charge in [0, 0.05) is 11.6 Å². The van der Waals surface area contributed by atoms with E-state index in [1.807, 2.05) is 13.8 Å². The van der Waals surface area contributed by atoms with E-state index in [1.165, 1.54) is 13.0 Å². The van der Waals surface area contributed by atoms with Crippen LogP contribution < -0.4 is 0 Å². The lowest BCUT2D eigenvalue weighted by Gasteiger charge is -2.33. The Balaban J connectivity index is 2.32. The summed E-state index contributed by atoms with van der Waals surface area (Å²) in [7, 11) is 0. The zero-order chi connectivity index (χ0) is 21.9. The van der Waals surface area contributed by atoms with Crippen LogP contribution in [0.5, 0.6) is 0 Å². The predicted molar refractivity (Wildman–Crippen MR) is 105 cm³/mol. The van der Waals surface area contributed by atoms with Crippen LogP contribution in [0.1, 0.15) is 40.5 Å². The summed E-state index contributed by atoms with van der Waals surface area (Å²) in [4.78, 5) is 48.9. The lowest BCUT2D eigenvalue weighted by molar-refractivity contribution is -0.172. The highest BCUT2D eigenvalue weighted by Gasteiger charge is 2.53. The molecule has 7 nitrogen and oxygen atoms in total. The van der Waals surface area contributed by atoms with Crippen molar-refractivity contribution in [2.45, 2.75) is 46.1 Å². The molecular weight excluding hydrogens is 400 g/mol. The second-order valence-corrected chi connectivity index (χ2v) is 7.74. The number of hydrogen-bond acceptors (Lipinski definition) is 6. The van der Waals surface area contributed by atoms with Crippen molar-refractivity contribution in [3.05, 3.63) is 46.4 Å². The third-order valence-corrected chi connectivity index (χ3v) is 5.36. The van der Waals surface area contributed by atoms with Crippen LogP contribution in [0, 0.1) is 11.8 Å². The number of rotatable bonds is 7. The number of ketones is 2. The van der Waals surface area contributed by atoms with Crippen LogP contribution >= 0.6 is 11.6 Å². The van der Waals surface area contributed by atoms with Crippen LogP contribution in [0.25, 0.3) is 0 Å². The summed E-state index contributed by atoms with van der Waals surface area (Å²) >= 11 is 6.19. The van der Waals surface area contributed by atoms with Gasteiger partial charge in [-0.1, -0.05) is 38.8 Å². The minimum absolute atomic E-state index is 0.0213. The van der Waals surface area contributed by atoms with Gasteiger partial charge in [-0.2, -0.15) is 0 Å². The Morgan fingerprint density at radius 2 is 1.97 bits per heavy atom. The molecule has 0 amide bonds. The molecule has 156 valence electrons. The molecule has 1 aliphatic carbocycles. The van der Waals surface area contributed by atoms with Gasteiger partial charge >= 0.3 is 11.9 Å². The molecule has 2 rings (SSSR count). The number of fused-ring (bicyclic) bond motifs is 1. The molecule has 1 aliphatic heterocycles. The molecule has 0 aromatic heterocycles. The standard InChI is InChI=1S/C21H23ClO7/c1-5-11(2)8-12(3)20(27)29-21(4)18(25)15-10-28-13(6-7-16(23)24)9-14(15)17(22)19(21)26/h6-7,9-12H,5,8H2,1-4H3,(H,23,24)/b7-6+/t11-,12-,21-/m0/s1. The quantitative estimate of drug-likeness (QED) is 0.380. The van der Waals surface area contributed by atoms with Gasteiger partial charge in [0.2, 0.25) is 17.2 Å². The van der Waals surface area contributed by atoms with E-state index in [1.54, 1.807) is 6.92 Å². The Morgan fingerprint density at radius 3 is 2.55 bits per heavy atom. The van der Waals surface area contributed by atoms with Gasteiger partial charge in [-0.05, 0) is 31.4 Å². The first kappa shape index (κ1) is 22.6. The minimum atomic E-state index is -2.08. The van der Waals surface area contributed by atoms with E-state index < -0.39 is 35.0 Å². The molecule has 1 N–H and O–H groups in total. The van der Waals surface area contributed by atoms with E-state index in [2.05, 4.69) is 0 Å². The van der Waals surface area contributed by atoms with Gasteiger partial charge in [0.05, 0.1) is 16.5 Å². The molecule has 3 atom stereocenters. The summed E-state index contributed by atoms with van der Waals surface area (Å²) < 4.78 is 10.6. The van der Waals surface area contributed by atoms with Crippen LogP contribution in [-0.4, -0.2) is 34.2 Å². The van der Waals surface area contributed by atoms with Crippen molar-refractivity contribution < 1.29 is 33.8 Å². The summed E-state index contributed by atoms with van der Waals surface area (Å²) in [6, 6.07) is 0. The smallest absolute Gasteiger partial charge is 0.328 e. The Kier molecular flexibility index (Phi) is 6.85. The van der Waals surface area contributed by atoms with E-state index in [0.29, 0.717) is 6.42 Å². The third-order valence-electron chi connectivity index (χ3n) is 4.99. The molecule has 0 radical (unpaired) electrons. The molecule has 2 aliphatic rings. The highest BCUT2D eigenvalue weighted by atomic mass is 35.5. The number of allylic oxidation sites excluding steroid dienone is 3. The maximum Gasteiger partial charge on any atom is 0.328 e. The number of halogens is 1. The second-order valence-electron chi connectivity index (χ2n) is 7.36. The van der Waals surface area contributed by atoms with Gasteiger partial charge in [-0.25, -0.2) is 4.79 Å². The summed E-state index contributed by atoms with van der Waals surface area (Å²) in [5.41, 5.74) is -2.01. The molecule has 0 unspecified atom stereocenters. The van der Waals surface area contributed by atoms with Crippen molar-refractivity contribution in [1.82, 2.24) is 0 Å². The van der Waals surface area contributed by atoms with Gasteiger partial charge in [-0.3, -0.25) is 14.4 Å². The Morgan fingerprint density at radius 1 is 1.31 bits per heavy atom. The number of hydrogen-bond donors (Lipinski definition) is 1. The lowest BCUT2D eigenvalue weighted by atomic mass is 9.80. The molecule has 29 heavy (non-hydrogen) atoms. The number of ether oxygens (including phenoxy) is 2. The largest absolute Gasteiger partial charge is 0.478 e. The van der Waals surface area contributed by atoms with Crippen molar-refractivity contribution in [3.8, 4) is 0 Å². The summed E-state index contributed by atoms with van der Waals surface area (Å²) in [6.45, 7) is 6.91. The first-order valence-corrected chi connectivity index (χ1v) is 9.61. The fraction of sp³-hybridized carbons (Fsp3) is 0.429. The molecule has 0 fully saturated rings. The maximum absolute atomic E-state index is 13.0. The van der Waals surface area contributed by atoms with Crippen molar-refractivity contribution in [2.24, 2.45) is 11.8 Å². The molecule has 0 bridgehead atoms. The fourth-order valence-corrected chi connectivity index (χ4v) is 3.33. The number of carboxylic acids is 1. The third kappa shape index (κ3) is 4.67. The molecule has 0 aromatic carbocycles. The highest BCUT2D eigenvalue weighted by molar-refractivity contribution is 6.49. The van der Waals surface area contributed by atoms with Crippen molar-refractivity contribution in [3.63, 3.8) is 0 Å². The number of carbonyl (C=O) groups is 4. The number of aliphatic carboxylic acids is 1. The van der Waals surface area contributed by atoms with Crippen LogP contribution in [0.15, 0.2) is 46.4 Å². The zero-order valence-corrected chi connectivity index (χ0v) is 17.4. The second kappa shape index (κ2) is 8.78. The Hall–Kier alpha value is -2.67. The van der Waals surface area contributed by atoms with E-state index in [0.717, 1.165) is 24.8 Å². The Bertz CT molecular complexity index is 877.